The number of rotatable bonds is 11. The molecule has 2 unspecified atom stereocenters. The first-order valence-corrected chi connectivity index (χ1v) is 10.4. The fourth-order valence-electron chi connectivity index (χ4n) is 3.81. The zero-order valence-corrected chi connectivity index (χ0v) is 17.3. The Morgan fingerprint density at radius 1 is 1.00 bits per heavy atom. The fraction of sp³-hybridized carbons (Fsp3) is 0.609. The van der Waals surface area contributed by atoms with E-state index in [0.717, 1.165) is 44.1 Å². The quantitative estimate of drug-likeness (QED) is 0.262. The van der Waals surface area contributed by atoms with E-state index >= 15 is 0 Å². The maximum atomic E-state index is 11.6. The molecule has 5 nitrogen and oxygen atoms in total. The van der Waals surface area contributed by atoms with Gasteiger partial charge >= 0.3 is 5.97 Å². The first-order chi connectivity index (χ1) is 13.2. The molecule has 28 heavy (non-hydrogen) atoms. The lowest BCUT2D eigenvalue weighted by Crippen LogP contribution is -2.27. The first-order valence-electron chi connectivity index (χ1n) is 10.4. The van der Waals surface area contributed by atoms with Gasteiger partial charge in [0, 0.05) is 0 Å². The Morgan fingerprint density at radius 3 is 2.29 bits per heavy atom. The standard InChI is InChI=1S/C23H34O5/c1-16(10-6-7-11-18-12-13-19(24)20(25)15-18)9-5-4-8-14-23(3)21(26)17(2)22(27)28-23/h12-13,15-16,24-26H,4-11,14H2,1-3H3. The van der Waals surface area contributed by atoms with Crippen molar-refractivity contribution in [3.05, 3.63) is 35.1 Å². The second kappa shape index (κ2) is 9.85. The van der Waals surface area contributed by atoms with Gasteiger partial charge in [0.25, 0.3) is 0 Å². The number of phenolic OH excluding ortho intramolecular Hbond substituents is 2. The number of cyclic esters (lactones) is 1. The summed E-state index contributed by atoms with van der Waals surface area (Å²) < 4.78 is 5.32. The molecule has 0 fully saturated rings. The van der Waals surface area contributed by atoms with Crippen LogP contribution in [-0.2, 0) is 16.0 Å². The lowest BCUT2D eigenvalue weighted by atomic mass is 9.93. The molecule has 0 spiro atoms. The molecule has 1 aliphatic rings. The number of hydrogen-bond acceptors (Lipinski definition) is 5. The Hall–Kier alpha value is -2.17. The van der Waals surface area contributed by atoms with Crippen molar-refractivity contribution in [3.8, 4) is 11.5 Å². The molecule has 5 heteroatoms. The van der Waals surface area contributed by atoms with E-state index in [0.29, 0.717) is 17.9 Å². The predicted octanol–water partition coefficient (Wildman–Crippen LogP) is 5.54. The summed E-state index contributed by atoms with van der Waals surface area (Å²) in [6.07, 6.45) is 9.29. The third kappa shape index (κ3) is 5.91. The van der Waals surface area contributed by atoms with Gasteiger partial charge < -0.3 is 20.1 Å². The van der Waals surface area contributed by atoms with E-state index in [2.05, 4.69) is 6.92 Å². The molecule has 2 atom stereocenters. The van der Waals surface area contributed by atoms with Crippen LogP contribution in [0.3, 0.4) is 0 Å². The summed E-state index contributed by atoms with van der Waals surface area (Å²) in [6.45, 7) is 5.67. The maximum Gasteiger partial charge on any atom is 0.338 e. The minimum atomic E-state index is -0.838. The van der Waals surface area contributed by atoms with Crippen molar-refractivity contribution >= 4 is 5.97 Å². The Morgan fingerprint density at radius 2 is 1.68 bits per heavy atom. The summed E-state index contributed by atoms with van der Waals surface area (Å²) in [6, 6.07) is 5.03. The largest absolute Gasteiger partial charge is 0.507 e. The number of benzene rings is 1. The molecule has 0 aliphatic carbocycles. The number of aromatic hydroxyl groups is 2. The van der Waals surface area contributed by atoms with Crippen LogP contribution in [-0.4, -0.2) is 26.9 Å². The fourth-order valence-corrected chi connectivity index (χ4v) is 3.81. The number of ether oxygens (including phenoxy) is 1. The van der Waals surface area contributed by atoms with E-state index in [1.165, 1.54) is 18.9 Å². The predicted molar refractivity (Wildman–Crippen MR) is 109 cm³/mol. The second-order valence-electron chi connectivity index (χ2n) is 8.37. The minimum Gasteiger partial charge on any atom is -0.507 e. The van der Waals surface area contributed by atoms with Gasteiger partial charge in [-0.1, -0.05) is 45.1 Å². The molecule has 0 bridgehead atoms. The van der Waals surface area contributed by atoms with Crippen LogP contribution in [0, 0.1) is 5.92 Å². The van der Waals surface area contributed by atoms with Crippen molar-refractivity contribution < 1.29 is 24.9 Å². The zero-order valence-electron chi connectivity index (χ0n) is 17.3. The molecular formula is C23H34O5. The maximum absolute atomic E-state index is 11.6. The van der Waals surface area contributed by atoms with Gasteiger partial charge in [0.1, 0.15) is 5.76 Å². The molecule has 156 valence electrons. The lowest BCUT2D eigenvalue weighted by molar-refractivity contribution is -0.147. The summed E-state index contributed by atoms with van der Waals surface area (Å²) in [7, 11) is 0. The highest BCUT2D eigenvalue weighted by Crippen LogP contribution is 2.35. The van der Waals surface area contributed by atoms with Crippen molar-refractivity contribution in [2.24, 2.45) is 5.92 Å². The van der Waals surface area contributed by atoms with Crippen LogP contribution in [0.25, 0.3) is 0 Å². The van der Waals surface area contributed by atoms with Crippen LogP contribution in [0.2, 0.25) is 0 Å². The summed E-state index contributed by atoms with van der Waals surface area (Å²) in [5, 5.41) is 28.9. The molecule has 2 rings (SSSR count). The second-order valence-corrected chi connectivity index (χ2v) is 8.37. The van der Waals surface area contributed by atoms with Crippen molar-refractivity contribution in [1.29, 1.82) is 0 Å². The van der Waals surface area contributed by atoms with Crippen LogP contribution in [0.5, 0.6) is 11.5 Å². The van der Waals surface area contributed by atoms with E-state index in [1.54, 1.807) is 19.9 Å². The van der Waals surface area contributed by atoms with Crippen LogP contribution >= 0.6 is 0 Å². The third-order valence-corrected chi connectivity index (χ3v) is 5.78. The summed E-state index contributed by atoms with van der Waals surface area (Å²) >= 11 is 0. The summed E-state index contributed by atoms with van der Waals surface area (Å²) in [5.41, 5.74) is 0.547. The van der Waals surface area contributed by atoms with Gasteiger partial charge in [-0.05, 0) is 63.1 Å². The van der Waals surface area contributed by atoms with E-state index in [4.69, 9.17) is 4.74 Å². The topological polar surface area (TPSA) is 87.0 Å². The molecule has 0 radical (unpaired) electrons. The van der Waals surface area contributed by atoms with E-state index in [-0.39, 0.29) is 17.3 Å². The Labute approximate surface area is 168 Å². The summed E-state index contributed by atoms with van der Waals surface area (Å²) in [5.74, 6) is 0.234. The number of aliphatic hydroxyl groups is 1. The molecule has 1 aromatic rings. The van der Waals surface area contributed by atoms with Gasteiger partial charge in [-0.3, -0.25) is 0 Å². The third-order valence-electron chi connectivity index (χ3n) is 5.78. The number of hydrogen-bond donors (Lipinski definition) is 3. The smallest absolute Gasteiger partial charge is 0.338 e. The molecule has 0 saturated heterocycles. The van der Waals surface area contributed by atoms with Crippen molar-refractivity contribution in [1.82, 2.24) is 0 Å². The molecule has 0 amide bonds. The number of aliphatic hydroxyl groups excluding tert-OH is 1. The molecule has 1 aliphatic heterocycles. The number of carbonyl (C=O) groups is 1. The zero-order chi connectivity index (χ0) is 20.7. The highest BCUT2D eigenvalue weighted by atomic mass is 16.6. The number of unbranched alkanes of at least 4 members (excludes halogenated alkanes) is 3. The Bertz CT molecular complexity index is 709. The highest BCUT2D eigenvalue weighted by molar-refractivity contribution is 5.91. The van der Waals surface area contributed by atoms with Crippen LogP contribution in [0.1, 0.15) is 77.7 Å². The average molecular weight is 391 g/mol. The van der Waals surface area contributed by atoms with Crippen LogP contribution < -0.4 is 0 Å². The Kier molecular flexibility index (Phi) is 7.78. The van der Waals surface area contributed by atoms with Gasteiger partial charge in [0.15, 0.2) is 17.1 Å². The molecule has 0 aromatic heterocycles. The van der Waals surface area contributed by atoms with Crippen molar-refractivity contribution in [2.75, 3.05) is 0 Å². The molecule has 1 aromatic carbocycles. The molecular weight excluding hydrogens is 356 g/mol. The average Bonchev–Trinajstić information content (AvgIpc) is 2.84. The van der Waals surface area contributed by atoms with E-state index < -0.39 is 11.6 Å². The number of carbonyl (C=O) groups excluding carboxylic acids is 1. The monoisotopic (exact) mass is 390 g/mol. The van der Waals surface area contributed by atoms with Crippen LogP contribution in [0.4, 0.5) is 0 Å². The van der Waals surface area contributed by atoms with Crippen LogP contribution in [0.15, 0.2) is 29.5 Å². The molecule has 3 N–H and O–H groups in total. The number of aryl methyl sites for hydroxylation is 1. The lowest BCUT2D eigenvalue weighted by Gasteiger charge is -2.23. The minimum absolute atomic E-state index is 0.0499. The first kappa shape index (κ1) is 22.1. The van der Waals surface area contributed by atoms with E-state index in [1.807, 2.05) is 6.07 Å². The molecule has 0 saturated carbocycles. The number of phenols is 2. The van der Waals surface area contributed by atoms with Crippen molar-refractivity contribution in [3.63, 3.8) is 0 Å². The normalized spacial score (nSPS) is 20.5. The molecule has 1 heterocycles. The van der Waals surface area contributed by atoms with Gasteiger partial charge in [-0.15, -0.1) is 0 Å². The SMILES string of the molecule is CC1=C(O)C(C)(CCCCCC(C)CCCCc2ccc(O)c(O)c2)OC1=O. The number of esters is 1. The van der Waals surface area contributed by atoms with Gasteiger partial charge in [-0.25, -0.2) is 4.79 Å². The van der Waals surface area contributed by atoms with Crippen molar-refractivity contribution in [2.45, 2.75) is 84.2 Å². The van der Waals surface area contributed by atoms with Gasteiger partial charge in [-0.2, -0.15) is 0 Å². The Balaban J connectivity index is 1.55. The van der Waals surface area contributed by atoms with E-state index in [9.17, 15) is 20.1 Å². The highest BCUT2D eigenvalue weighted by Gasteiger charge is 2.42. The summed E-state index contributed by atoms with van der Waals surface area (Å²) in [4.78, 5) is 11.6. The van der Waals surface area contributed by atoms with Gasteiger partial charge in [0.05, 0.1) is 5.57 Å². The van der Waals surface area contributed by atoms with Gasteiger partial charge in [0.2, 0.25) is 0 Å².